The summed E-state index contributed by atoms with van der Waals surface area (Å²) in [6.45, 7) is 4.32. The summed E-state index contributed by atoms with van der Waals surface area (Å²) in [5.41, 5.74) is 4.28. The number of carbonyl (C=O) groups is 1. The van der Waals surface area contributed by atoms with Crippen molar-refractivity contribution in [3.8, 4) is 0 Å². The van der Waals surface area contributed by atoms with E-state index in [1.807, 2.05) is 60.3 Å². The minimum Gasteiger partial charge on any atom is -0.346 e. The van der Waals surface area contributed by atoms with Crippen molar-refractivity contribution >= 4 is 33.1 Å². The molecular formula is C18H16N4OS. The molecular weight excluding hydrogens is 320 g/mol. The maximum Gasteiger partial charge on any atom is 0.252 e. The summed E-state index contributed by atoms with van der Waals surface area (Å²) < 4.78 is 1.96. The van der Waals surface area contributed by atoms with E-state index in [2.05, 4.69) is 15.3 Å². The van der Waals surface area contributed by atoms with Crippen LogP contribution >= 0.6 is 11.3 Å². The first-order valence-electron chi connectivity index (χ1n) is 7.67. The third-order valence-electron chi connectivity index (χ3n) is 3.91. The zero-order chi connectivity index (χ0) is 16.7. The van der Waals surface area contributed by atoms with Crippen LogP contribution < -0.4 is 5.32 Å². The molecule has 5 nitrogen and oxygen atoms in total. The SMILES string of the molecule is Cc1ccc2nc(C)cc(C(=O)NCc3cn4ccsc4n3)c2c1. The Kier molecular flexibility index (Phi) is 3.54. The zero-order valence-corrected chi connectivity index (χ0v) is 14.2. The lowest BCUT2D eigenvalue weighted by Gasteiger charge is -2.09. The molecule has 0 saturated carbocycles. The molecule has 0 unspecified atom stereocenters. The summed E-state index contributed by atoms with van der Waals surface area (Å²) in [5.74, 6) is -0.104. The molecule has 1 aromatic carbocycles. The first-order valence-corrected chi connectivity index (χ1v) is 8.55. The number of thiazole rings is 1. The normalized spacial score (nSPS) is 11.2. The van der Waals surface area contributed by atoms with Crippen LogP contribution in [0.3, 0.4) is 0 Å². The average molecular weight is 336 g/mol. The number of hydrogen-bond acceptors (Lipinski definition) is 4. The van der Waals surface area contributed by atoms with E-state index in [1.54, 1.807) is 11.3 Å². The summed E-state index contributed by atoms with van der Waals surface area (Å²) in [4.78, 5) is 22.6. The highest BCUT2D eigenvalue weighted by atomic mass is 32.1. The van der Waals surface area contributed by atoms with Crippen molar-refractivity contribution in [1.82, 2.24) is 19.7 Å². The molecule has 0 fully saturated rings. The number of nitrogens with zero attached hydrogens (tertiary/aromatic N) is 3. The van der Waals surface area contributed by atoms with E-state index in [0.717, 1.165) is 32.8 Å². The van der Waals surface area contributed by atoms with Gasteiger partial charge in [0.05, 0.1) is 23.3 Å². The van der Waals surface area contributed by atoms with Crippen LogP contribution in [-0.2, 0) is 6.54 Å². The number of amides is 1. The molecule has 0 saturated heterocycles. The van der Waals surface area contributed by atoms with E-state index in [9.17, 15) is 4.79 Å². The van der Waals surface area contributed by atoms with Crippen molar-refractivity contribution < 1.29 is 4.79 Å². The van der Waals surface area contributed by atoms with Gasteiger partial charge in [-0.15, -0.1) is 11.3 Å². The Labute approximate surface area is 143 Å². The van der Waals surface area contributed by atoms with Gasteiger partial charge in [-0.2, -0.15) is 0 Å². The number of fused-ring (bicyclic) bond motifs is 2. The Morgan fingerprint density at radius 2 is 2.12 bits per heavy atom. The molecule has 0 aliphatic heterocycles. The van der Waals surface area contributed by atoms with Crippen molar-refractivity contribution in [2.45, 2.75) is 20.4 Å². The Morgan fingerprint density at radius 1 is 1.25 bits per heavy atom. The minimum atomic E-state index is -0.104. The average Bonchev–Trinajstić information content (AvgIpc) is 3.13. The van der Waals surface area contributed by atoms with Gasteiger partial charge < -0.3 is 5.32 Å². The number of nitrogens with one attached hydrogen (secondary N) is 1. The lowest BCUT2D eigenvalue weighted by Crippen LogP contribution is -2.23. The Balaban J connectivity index is 1.62. The van der Waals surface area contributed by atoms with E-state index in [4.69, 9.17) is 0 Å². The fraction of sp³-hybridized carbons (Fsp3) is 0.167. The number of pyridine rings is 1. The molecule has 6 heteroatoms. The summed E-state index contributed by atoms with van der Waals surface area (Å²) >= 11 is 1.58. The Morgan fingerprint density at radius 3 is 2.96 bits per heavy atom. The highest BCUT2D eigenvalue weighted by molar-refractivity contribution is 7.15. The predicted octanol–water partition coefficient (Wildman–Crippen LogP) is 3.49. The maximum absolute atomic E-state index is 12.7. The van der Waals surface area contributed by atoms with Crippen LogP contribution in [0, 0.1) is 13.8 Å². The summed E-state index contributed by atoms with van der Waals surface area (Å²) in [5, 5.41) is 5.83. The summed E-state index contributed by atoms with van der Waals surface area (Å²) in [6, 6.07) is 7.80. The predicted molar refractivity (Wildman–Crippen MR) is 95.5 cm³/mol. The van der Waals surface area contributed by atoms with Crippen molar-refractivity contribution in [2.75, 3.05) is 0 Å². The van der Waals surface area contributed by atoms with Crippen LogP contribution in [-0.4, -0.2) is 20.3 Å². The van der Waals surface area contributed by atoms with Gasteiger partial charge in [-0.05, 0) is 32.0 Å². The van der Waals surface area contributed by atoms with Gasteiger partial charge in [0.25, 0.3) is 5.91 Å². The number of rotatable bonds is 3. The molecule has 1 amide bonds. The summed E-state index contributed by atoms with van der Waals surface area (Å²) in [7, 11) is 0. The molecule has 0 atom stereocenters. The van der Waals surface area contributed by atoms with Crippen molar-refractivity contribution in [3.63, 3.8) is 0 Å². The number of imidazole rings is 1. The number of benzene rings is 1. The number of aryl methyl sites for hydroxylation is 2. The fourth-order valence-corrected chi connectivity index (χ4v) is 3.51. The van der Waals surface area contributed by atoms with E-state index in [-0.39, 0.29) is 5.91 Å². The molecule has 0 radical (unpaired) electrons. The lowest BCUT2D eigenvalue weighted by atomic mass is 10.0. The highest BCUT2D eigenvalue weighted by Gasteiger charge is 2.13. The quantitative estimate of drug-likeness (QED) is 0.623. The van der Waals surface area contributed by atoms with E-state index < -0.39 is 0 Å². The molecule has 24 heavy (non-hydrogen) atoms. The van der Waals surface area contributed by atoms with E-state index >= 15 is 0 Å². The monoisotopic (exact) mass is 336 g/mol. The Hall–Kier alpha value is -2.73. The molecule has 4 rings (SSSR count). The molecule has 0 aliphatic carbocycles. The molecule has 0 spiro atoms. The van der Waals surface area contributed by atoms with Gasteiger partial charge in [0.15, 0.2) is 4.96 Å². The minimum absolute atomic E-state index is 0.104. The Bertz CT molecular complexity index is 1030. The van der Waals surface area contributed by atoms with Gasteiger partial charge in [0.2, 0.25) is 0 Å². The second-order valence-electron chi connectivity index (χ2n) is 5.84. The van der Waals surface area contributed by atoms with Crippen LogP contribution in [0.4, 0.5) is 0 Å². The van der Waals surface area contributed by atoms with Crippen molar-refractivity contribution in [3.05, 3.63) is 64.6 Å². The maximum atomic E-state index is 12.7. The van der Waals surface area contributed by atoms with Gasteiger partial charge in [0, 0.05) is 28.9 Å². The fourth-order valence-electron chi connectivity index (χ4n) is 2.79. The molecule has 120 valence electrons. The lowest BCUT2D eigenvalue weighted by molar-refractivity contribution is 0.0952. The molecule has 3 aromatic heterocycles. The smallest absolute Gasteiger partial charge is 0.252 e. The number of carbonyl (C=O) groups excluding carboxylic acids is 1. The van der Waals surface area contributed by atoms with Crippen molar-refractivity contribution in [1.29, 1.82) is 0 Å². The third kappa shape index (κ3) is 2.65. The standard InChI is InChI=1S/C18H16N4OS/c1-11-3-4-16-14(7-11)15(8-12(2)20-16)17(23)19-9-13-10-22-5-6-24-18(22)21-13/h3-8,10H,9H2,1-2H3,(H,19,23). The summed E-state index contributed by atoms with van der Waals surface area (Å²) in [6.07, 6.45) is 3.90. The third-order valence-corrected chi connectivity index (χ3v) is 4.68. The number of hydrogen-bond donors (Lipinski definition) is 1. The van der Waals surface area contributed by atoms with Gasteiger partial charge >= 0.3 is 0 Å². The molecule has 0 aliphatic rings. The number of aromatic nitrogens is 3. The van der Waals surface area contributed by atoms with Crippen molar-refractivity contribution in [2.24, 2.45) is 0 Å². The van der Waals surface area contributed by atoms with Gasteiger partial charge in [-0.3, -0.25) is 14.2 Å². The molecule has 0 bridgehead atoms. The van der Waals surface area contributed by atoms with Gasteiger partial charge in [-0.25, -0.2) is 4.98 Å². The van der Waals surface area contributed by atoms with E-state index in [1.165, 1.54) is 0 Å². The first-order chi connectivity index (χ1) is 11.6. The van der Waals surface area contributed by atoms with Crippen LogP contribution in [0.25, 0.3) is 15.9 Å². The van der Waals surface area contributed by atoms with Gasteiger partial charge in [0.1, 0.15) is 0 Å². The van der Waals surface area contributed by atoms with Crippen LogP contribution in [0.15, 0.2) is 42.0 Å². The first kappa shape index (κ1) is 14.8. The van der Waals surface area contributed by atoms with E-state index in [0.29, 0.717) is 12.1 Å². The second kappa shape index (κ2) is 5.72. The zero-order valence-electron chi connectivity index (χ0n) is 13.4. The molecule has 3 heterocycles. The highest BCUT2D eigenvalue weighted by Crippen LogP contribution is 2.20. The van der Waals surface area contributed by atoms with Gasteiger partial charge in [-0.1, -0.05) is 11.6 Å². The van der Waals surface area contributed by atoms with Crippen LogP contribution in [0.1, 0.15) is 27.3 Å². The molecule has 4 aromatic rings. The largest absolute Gasteiger partial charge is 0.346 e. The molecule has 1 N–H and O–H groups in total. The van der Waals surface area contributed by atoms with Crippen LogP contribution in [0.5, 0.6) is 0 Å². The second-order valence-corrected chi connectivity index (χ2v) is 6.71. The van der Waals surface area contributed by atoms with Crippen LogP contribution in [0.2, 0.25) is 0 Å². The topological polar surface area (TPSA) is 59.3 Å².